The summed E-state index contributed by atoms with van der Waals surface area (Å²) < 4.78 is 0. The van der Waals surface area contributed by atoms with Gasteiger partial charge >= 0.3 is 0 Å². The number of rotatable bonds is 7. The predicted octanol–water partition coefficient (Wildman–Crippen LogP) is 8.20. The summed E-state index contributed by atoms with van der Waals surface area (Å²) in [4.78, 5) is 19.5. The van der Waals surface area contributed by atoms with Gasteiger partial charge in [-0.2, -0.15) is 5.10 Å². The zero-order valence-electron chi connectivity index (χ0n) is 20.9. The first kappa shape index (κ1) is 24.4. The standard InChI is InChI=1S/C33H24N4OS/c38-33(35-26-13-8-11-24(21-26)23-9-2-1-3-10-23)29-14-4-5-15-32(29)39-27-17-18-28-30(36-37-31(28)22-27)19-16-25-12-6-7-20-34-25/h1-22H,(H,35,38)(H,36,37)/b19-16+. The SMILES string of the molecule is O=C(Nc1cccc(-c2ccccc2)c1)c1ccccc1Sc1ccc2c(/C=C/c3ccccn3)n[nH]c2c1. The quantitative estimate of drug-likeness (QED) is 0.221. The smallest absolute Gasteiger partial charge is 0.256 e. The number of nitrogens with zero attached hydrogens (tertiary/aromatic N) is 2. The average molecular weight is 525 g/mol. The molecule has 0 atom stereocenters. The van der Waals surface area contributed by atoms with Crippen molar-refractivity contribution in [3.8, 4) is 11.1 Å². The Balaban J connectivity index is 1.20. The van der Waals surface area contributed by atoms with Crippen LogP contribution in [0.3, 0.4) is 0 Å². The highest BCUT2D eigenvalue weighted by molar-refractivity contribution is 7.99. The van der Waals surface area contributed by atoms with Crippen LogP contribution in [0.1, 0.15) is 21.7 Å². The number of anilines is 1. The van der Waals surface area contributed by atoms with E-state index in [1.54, 1.807) is 18.0 Å². The van der Waals surface area contributed by atoms with Gasteiger partial charge in [-0.3, -0.25) is 14.9 Å². The summed E-state index contributed by atoms with van der Waals surface area (Å²) in [7, 11) is 0. The lowest BCUT2D eigenvalue weighted by molar-refractivity contribution is 0.102. The van der Waals surface area contributed by atoms with Crippen LogP contribution >= 0.6 is 11.8 Å². The molecule has 0 saturated heterocycles. The number of hydrogen-bond acceptors (Lipinski definition) is 4. The summed E-state index contributed by atoms with van der Waals surface area (Å²) in [6.07, 6.45) is 5.68. The average Bonchev–Trinajstić information content (AvgIpc) is 3.39. The van der Waals surface area contributed by atoms with Crippen LogP contribution in [0.4, 0.5) is 5.69 Å². The minimum atomic E-state index is -0.145. The van der Waals surface area contributed by atoms with E-state index in [1.807, 2.05) is 97.1 Å². The molecule has 0 fully saturated rings. The molecule has 0 bridgehead atoms. The molecule has 0 unspecified atom stereocenters. The lowest BCUT2D eigenvalue weighted by atomic mass is 10.1. The van der Waals surface area contributed by atoms with E-state index in [-0.39, 0.29) is 5.91 Å². The first-order chi connectivity index (χ1) is 19.2. The number of benzene rings is 4. The monoisotopic (exact) mass is 524 g/mol. The number of aromatic amines is 1. The zero-order chi connectivity index (χ0) is 26.4. The Morgan fingerprint density at radius 1 is 0.769 bits per heavy atom. The van der Waals surface area contributed by atoms with E-state index >= 15 is 0 Å². The van der Waals surface area contributed by atoms with Gasteiger partial charge in [-0.25, -0.2) is 0 Å². The van der Waals surface area contributed by atoms with Crippen molar-refractivity contribution in [3.05, 3.63) is 138 Å². The topological polar surface area (TPSA) is 70.7 Å². The van der Waals surface area contributed by atoms with Crippen LogP contribution in [-0.2, 0) is 0 Å². The van der Waals surface area contributed by atoms with E-state index in [9.17, 15) is 4.79 Å². The summed E-state index contributed by atoms with van der Waals surface area (Å²) >= 11 is 1.55. The molecule has 5 nitrogen and oxygen atoms in total. The van der Waals surface area contributed by atoms with Gasteiger partial charge in [-0.05, 0) is 77.9 Å². The van der Waals surface area contributed by atoms with Gasteiger partial charge in [0.1, 0.15) is 0 Å². The van der Waals surface area contributed by atoms with Crippen molar-refractivity contribution in [3.63, 3.8) is 0 Å². The van der Waals surface area contributed by atoms with E-state index < -0.39 is 0 Å². The van der Waals surface area contributed by atoms with E-state index in [0.717, 1.165) is 48.9 Å². The molecule has 188 valence electrons. The third kappa shape index (κ3) is 5.66. The number of nitrogens with one attached hydrogen (secondary N) is 2. The van der Waals surface area contributed by atoms with Crippen molar-refractivity contribution in [2.45, 2.75) is 9.79 Å². The van der Waals surface area contributed by atoms with E-state index in [4.69, 9.17) is 0 Å². The molecule has 2 N–H and O–H groups in total. The van der Waals surface area contributed by atoms with E-state index in [2.05, 4.69) is 50.8 Å². The van der Waals surface area contributed by atoms with Gasteiger partial charge in [-0.15, -0.1) is 0 Å². The maximum Gasteiger partial charge on any atom is 0.256 e. The largest absolute Gasteiger partial charge is 0.322 e. The van der Waals surface area contributed by atoms with Crippen LogP contribution in [0.2, 0.25) is 0 Å². The molecule has 1 amide bonds. The van der Waals surface area contributed by atoms with Crippen molar-refractivity contribution in [2.75, 3.05) is 5.32 Å². The highest BCUT2D eigenvalue weighted by Crippen LogP contribution is 2.33. The molecule has 0 spiro atoms. The number of pyridine rings is 1. The summed E-state index contributed by atoms with van der Waals surface area (Å²) in [6, 6.07) is 37.7. The predicted molar refractivity (Wildman–Crippen MR) is 160 cm³/mol. The Labute approximate surface area is 230 Å². The van der Waals surface area contributed by atoms with Gasteiger partial charge in [0.05, 0.1) is 22.5 Å². The summed E-state index contributed by atoms with van der Waals surface area (Å²) in [5, 5.41) is 11.7. The van der Waals surface area contributed by atoms with Crippen LogP contribution in [0.25, 0.3) is 34.2 Å². The van der Waals surface area contributed by atoms with Crippen molar-refractivity contribution in [2.24, 2.45) is 0 Å². The number of hydrogen-bond donors (Lipinski definition) is 2. The Hall–Kier alpha value is -4.94. The summed E-state index contributed by atoms with van der Waals surface area (Å²) in [5.41, 5.74) is 6.20. The maximum atomic E-state index is 13.3. The van der Waals surface area contributed by atoms with Crippen LogP contribution < -0.4 is 5.32 Å². The summed E-state index contributed by atoms with van der Waals surface area (Å²) in [6.45, 7) is 0. The van der Waals surface area contributed by atoms with Crippen LogP contribution in [-0.4, -0.2) is 21.1 Å². The highest BCUT2D eigenvalue weighted by Gasteiger charge is 2.14. The molecule has 0 aliphatic carbocycles. The van der Waals surface area contributed by atoms with Crippen molar-refractivity contribution in [1.82, 2.24) is 15.2 Å². The molecule has 4 aromatic carbocycles. The van der Waals surface area contributed by atoms with Crippen molar-refractivity contribution < 1.29 is 4.79 Å². The van der Waals surface area contributed by atoms with E-state index in [0.29, 0.717) is 5.56 Å². The number of fused-ring (bicyclic) bond motifs is 1. The Morgan fingerprint density at radius 3 is 2.46 bits per heavy atom. The first-order valence-electron chi connectivity index (χ1n) is 12.5. The van der Waals surface area contributed by atoms with Crippen molar-refractivity contribution >= 4 is 46.4 Å². The molecular weight excluding hydrogens is 500 g/mol. The number of amides is 1. The van der Waals surface area contributed by atoms with Gasteiger partial charge in [0.25, 0.3) is 5.91 Å². The molecule has 6 rings (SSSR count). The molecule has 0 saturated carbocycles. The maximum absolute atomic E-state index is 13.3. The number of carbonyl (C=O) groups is 1. The molecule has 0 aliphatic rings. The molecule has 2 heterocycles. The molecule has 6 aromatic rings. The lowest BCUT2D eigenvalue weighted by Crippen LogP contribution is -2.12. The molecular formula is C33H24N4OS. The first-order valence-corrected chi connectivity index (χ1v) is 13.4. The normalized spacial score (nSPS) is 11.2. The molecule has 0 radical (unpaired) electrons. The summed E-state index contributed by atoms with van der Waals surface area (Å²) in [5.74, 6) is -0.145. The fourth-order valence-corrected chi connectivity index (χ4v) is 5.31. The van der Waals surface area contributed by atoms with Gasteiger partial charge in [0, 0.05) is 27.1 Å². The van der Waals surface area contributed by atoms with Gasteiger partial charge < -0.3 is 5.32 Å². The zero-order valence-corrected chi connectivity index (χ0v) is 21.7. The second kappa shape index (κ2) is 11.2. The van der Waals surface area contributed by atoms with Crippen LogP contribution in [0, 0.1) is 0 Å². The molecule has 2 aromatic heterocycles. The number of aromatic nitrogens is 3. The van der Waals surface area contributed by atoms with Crippen LogP contribution in [0.15, 0.2) is 131 Å². The van der Waals surface area contributed by atoms with E-state index in [1.165, 1.54) is 0 Å². The Kier molecular flexibility index (Phi) is 7.01. The molecule has 6 heteroatoms. The second-order valence-corrected chi connectivity index (χ2v) is 10.0. The Morgan fingerprint density at radius 2 is 1.59 bits per heavy atom. The van der Waals surface area contributed by atoms with Crippen molar-refractivity contribution in [1.29, 1.82) is 0 Å². The fourth-order valence-electron chi connectivity index (χ4n) is 4.33. The van der Waals surface area contributed by atoms with Crippen LogP contribution in [0.5, 0.6) is 0 Å². The van der Waals surface area contributed by atoms with Gasteiger partial charge in [0.2, 0.25) is 0 Å². The lowest BCUT2D eigenvalue weighted by Gasteiger charge is -2.11. The number of H-pyrrole nitrogens is 1. The minimum absolute atomic E-state index is 0.145. The highest BCUT2D eigenvalue weighted by atomic mass is 32.2. The third-order valence-electron chi connectivity index (χ3n) is 6.25. The third-order valence-corrected chi connectivity index (χ3v) is 7.32. The minimum Gasteiger partial charge on any atom is -0.322 e. The van der Waals surface area contributed by atoms with Gasteiger partial charge in [0.15, 0.2) is 0 Å². The Bertz CT molecular complexity index is 1780. The molecule has 0 aliphatic heterocycles. The number of carbonyl (C=O) groups excluding carboxylic acids is 1. The van der Waals surface area contributed by atoms with Gasteiger partial charge in [-0.1, -0.05) is 72.4 Å². The second-order valence-electron chi connectivity index (χ2n) is 8.90. The fraction of sp³-hybridized carbons (Fsp3) is 0. The molecule has 39 heavy (non-hydrogen) atoms.